The van der Waals surface area contributed by atoms with Gasteiger partial charge in [0.25, 0.3) is 0 Å². The van der Waals surface area contributed by atoms with Gasteiger partial charge in [0.05, 0.1) is 6.54 Å². The molecule has 0 atom stereocenters. The van der Waals surface area contributed by atoms with Crippen molar-refractivity contribution in [2.24, 2.45) is 0 Å². The Balaban J connectivity index is 2.75. The Morgan fingerprint density at radius 1 is 1.29 bits per heavy atom. The summed E-state index contributed by atoms with van der Waals surface area (Å²) in [6.45, 7) is 8.98. The zero-order chi connectivity index (χ0) is 10.6. The molecule has 1 aromatic heterocycles. The monoisotopic (exact) mass is 194 g/mol. The van der Waals surface area contributed by atoms with Gasteiger partial charge in [-0.25, -0.2) is 9.97 Å². The first-order valence-corrected chi connectivity index (χ1v) is 4.98. The van der Waals surface area contributed by atoms with Crippen LogP contribution in [0.2, 0.25) is 0 Å². The predicted octanol–water partition coefficient (Wildman–Crippen LogP) is 1.21. The van der Waals surface area contributed by atoms with Gasteiger partial charge in [-0.2, -0.15) is 0 Å². The van der Waals surface area contributed by atoms with Gasteiger partial charge in [-0.15, -0.1) is 0 Å². The van der Waals surface area contributed by atoms with E-state index >= 15 is 0 Å². The summed E-state index contributed by atoms with van der Waals surface area (Å²) in [6, 6.07) is 1.78. The number of nitrogens with zero attached hydrogens (tertiary/aromatic N) is 3. The smallest absolute Gasteiger partial charge is 0.144 e. The average molecular weight is 194 g/mol. The third-order valence-electron chi connectivity index (χ3n) is 2.18. The highest BCUT2D eigenvalue weighted by Gasteiger charge is 2.04. The van der Waals surface area contributed by atoms with E-state index in [2.05, 4.69) is 28.7 Å². The van der Waals surface area contributed by atoms with Crippen LogP contribution in [-0.2, 0) is 6.54 Å². The molecule has 0 spiro atoms. The maximum atomic E-state index is 5.65. The minimum absolute atomic E-state index is 0.555. The van der Waals surface area contributed by atoms with E-state index in [1.54, 1.807) is 6.07 Å². The van der Waals surface area contributed by atoms with Crippen LogP contribution in [-0.4, -0.2) is 28.0 Å². The summed E-state index contributed by atoms with van der Waals surface area (Å²) < 4.78 is 0. The summed E-state index contributed by atoms with van der Waals surface area (Å²) in [7, 11) is 0. The fourth-order valence-electron chi connectivity index (χ4n) is 1.37. The molecule has 0 aliphatic heterocycles. The Morgan fingerprint density at radius 2 is 1.93 bits per heavy atom. The van der Waals surface area contributed by atoms with Gasteiger partial charge in [-0.1, -0.05) is 13.8 Å². The van der Waals surface area contributed by atoms with Gasteiger partial charge >= 0.3 is 0 Å². The second-order valence-corrected chi connectivity index (χ2v) is 3.31. The summed E-state index contributed by atoms with van der Waals surface area (Å²) in [6.07, 6.45) is 0. The van der Waals surface area contributed by atoms with Gasteiger partial charge in [0.15, 0.2) is 0 Å². The number of nitrogens with two attached hydrogens (primary N) is 1. The predicted molar refractivity (Wildman–Crippen MR) is 57.8 cm³/mol. The summed E-state index contributed by atoms with van der Waals surface area (Å²) >= 11 is 0. The van der Waals surface area contributed by atoms with Crippen LogP contribution in [0.3, 0.4) is 0 Å². The molecule has 0 radical (unpaired) electrons. The molecule has 1 rings (SSSR count). The summed E-state index contributed by atoms with van der Waals surface area (Å²) in [5.74, 6) is 1.37. The van der Waals surface area contributed by atoms with E-state index in [-0.39, 0.29) is 0 Å². The topological polar surface area (TPSA) is 55.0 Å². The normalized spacial score (nSPS) is 10.9. The van der Waals surface area contributed by atoms with Gasteiger partial charge in [0.1, 0.15) is 11.6 Å². The average Bonchev–Trinajstić information content (AvgIpc) is 2.12. The van der Waals surface area contributed by atoms with Crippen molar-refractivity contribution in [3.63, 3.8) is 0 Å². The minimum atomic E-state index is 0.555. The molecule has 0 aromatic carbocycles. The number of rotatable bonds is 4. The van der Waals surface area contributed by atoms with E-state index in [9.17, 15) is 0 Å². The Hall–Kier alpha value is -1.16. The first-order valence-electron chi connectivity index (χ1n) is 4.98. The highest BCUT2D eigenvalue weighted by Crippen LogP contribution is 2.04. The molecule has 14 heavy (non-hydrogen) atoms. The molecule has 2 N–H and O–H groups in total. The lowest BCUT2D eigenvalue weighted by atomic mass is 10.4. The van der Waals surface area contributed by atoms with E-state index in [1.165, 1.54) is 0 Å². The Bertz CT molecular complexity index is 274. The van der Waals surface area contributed by atoms with Gasteiger partial charge in [0.2, 0.25) is 0 Å². The van der Waals surface area contributed by atoms with Gasteiger partial charge in [0, 0.05) is 11.8 Å². The highest BCUT2D eigenvalue weighted by atomic mass is 15.1. The second-order valence-electron chi connectivity index (χ2n) is 3.31. The molecule has 1 aromatic rings. The van der Waals surface area contributed by atoms with Crippen molar-refractivity contribution in [2.75, 3.05) is 18.8 Å². The summed E-state index contributed by atoms with van der Waals surface area (Å²) in [5.41, 5.74) is 6.58. The summed E-state index contributed by atoms with van der Waals surface area (Å²) in [4.78, 5) is 10.8. The van der Waals surface area contributed by atoms with Crippen molar-refractivity contribution >= 4 is 5.82 Å². The maximum Gasteiger partial charge on any atom is 0.144 e. The molecule has 0 saturated heterocycles. The van der Waals surface area contributed by atoms with E-state index < -0.39 is 0 Å². The van der Waals surface area contributed by atoms with Crippen molar-refractivity contribution in [3.8, 4) is 0 Å². The SMILES string of the molecule is CCN(CC)Cc1nc(C)cc(N)n1. The molecule has 0 saturated carbocycles. The second kappa shape index (κ2) is 4.91. The van der Waals surface area contributed by atoms with Crippen LogP contribution in [0.1, 0.15) is 25.4 Å². The lowest BCUT2D eigenvalue weighted by Crippen LogP contribution is -2.23. The third-order valence-corrected chi connectivity index (χ3v) is 2.18. The number of nitrogen functional groups attached to an aromatic ring is 1. The molecule has 0 aliphatic carbocycles. The third kappa shape index (κ3) is 2.96. The molecule has 0 fully saturated rings. The number of aryl methyl sites for hydroxylation is 1. The zero-order valence-corrected chi connectivity index (χ0v) is 9.12. The molecular weight excluding hydrogens is 176 g/mol. The Labute approximate surface area is 85.2 Å². The number of aromatic nitrogens is 2. The first-order chi connectivity index (χ1) is 6.65. The van der Waals surface area contributed by atoms with E-state index in [4.69, 9.17) is 5.73 Å². The van der Waals surface area contributed by atoms with Crippen molar-refractivity contribution in [2.45, 2.75) is 27.3 Å². The van der Waals surface area contributed by atoms with Crippen LogP contribution in [0.5, 0.6) is 0 Å². The molecule has 1 heterocycles. The summed E-state index contributed by atoms with van der Waals surface area (Å²) in [5, 5.41) is 0. The van der Waals surface area contributed by atoms with E-state index in [0.29, 0.717) is 5.82 Å². The highest BCUT2D eigenvalue weighted by molar-refractivity contribution is 5.29. The van der Waals surface area contributed by atoms with Crippen molar-refractivity contribution in [1.29, 1.82) is 0 Å². The Morgan fingerprint density at radius 3 is 2.43 bits per heavy atom. The lowest BCUT2D eigenvalue weighted by Gasteiger charge is -2.16. The number of hydrogen-bond donors (Lipinski definition) is 1. The van der Waals surface area contributed by atoms with Crippen molar-refractivity contribution in [3.05, 3.63) is 17.6 Å². The van der Waals surface area contributed by atoms with Gasteiger partial charge in [-0.05, 0) is 20.0 Å². The zero-order valence-electron chi connectivity index (χ0n) is 9.12. The van der Waals surface area contributed by atoms with Gasteiger partial charge < -0.3 is 5.73 Å². The van der Waals surface area contributed by atoms with Crippen LogP contribution in [0.4, 0.5) is 5.82 Å². The fraction of sp³-hybridized carbons (Fsp3) is 0.600. The molecule has 0 unspecified atom stereocenters. The fourth-order valence-corrected chi connectivity index (χ4v) is 1.37. The van der Waals surface area contributed by atoms with Crippen molar-refractivity contribution in [1.82, 2.24) is 14.9 Å². The first kappa shape index (κ1) is 10.9. The molecule has 0 amide bonds. The van der Waals surface area contributed by atoms with Crippen LogP contribution >= 0.6 is 0 Å². The molecule has 4 nitrogen and oxygen atoms in total. The van der Waals surface area contributed by atoms with Crippen LogP contribution in [0.25, 0.3) is 0 Å². The van der Waals surface area contributed by atoms with E-state index in [0.717, 1.165) is 31.2 Å². The standard InChI is InChI=1S/C10H18N4/c1-4-14(5-2)7-10-12-8(3)6-9(11)13-10/h6H,4-5,7H2,1-3H3,(H2,11,12,13). The molecule has 0 bridgehead atoms. The minimum Gasteiger partial charge on any atom is -0.384 e. The van der Waals surface area contributed by atoms with Crippen LogP contribution < -0.4 is 5.73 Å². The van der Waals surface area contributed by atoms with Gasteiger partial charge in [-0.3, -0.25) is 4.90 Å². The molecule has 0 aliphatic rings. The quantitative estimate of drug-likeness (QED) is 0.782. The maximum absolute atomic E-state index is 5.65. The largest absolute Gasteiger partial charge is 0.384 e. The Kier molecular flexibility index (Phi) is 3.83. The van der Waals surface area contributed by atoms with Crippen LogP contribution in [0.15, 0.2) is 6.07 Å². The molecule has 4 heteroatoms. The number of anilines is 1. The molecular formula is C10H18N4. The van der Waals surface area contributed by atoms with Crippen molar-refractivity contribution < 1.29 is 0 Å². The van der Waals surface area contributed by atoms with Crippen LogP contribution in [0, 0.1) is 6.92 Å². The number of hydrogen-bond acceptors (Lipinski definition) is 4. The molecule has 78 valence electrons. The lowest BCUT2D eigenvalue weighted by molar-refractivity contribution is 0.288. The van der Waals surface area contributed by atoms with E-state index in [1.807, 2.05) is 6.92 Å².